The summed E-state index contributed by atoms with van der Waals surface area (Å²) in [5.41, 5.74) is 2.70. The van der Waals surface area contributed by atoms with Crippen LogP contribution in [0.1, 0.15) is 53.9 Å². The number of ketones is 1. The van der Waals surface area contributed by atoms with E-state index in [0.29, 0.717) is 28.1 Å². The fourth-order valence-electron chi connectivity index (χ4n) is 4.37. The Morgan fingerprint density at radius 3 is 2.32 bits per heavy atom. The molecule has 0 radical (unpaired) electrons. The third-order valence-corrected chi connectivity index (χ3v) is 5.94. The maximum Gasteiger partial charge on any atom is 0.338 e. The van der Waals surface area contributed by atoms with Crippen LogP contribution in [0.25, 0.3) is 5.76 Å². The number of esters is 1. The Morgan fingerprint density at radius 1 is 0.973 bits per heavy atom. The Balaban J connectivity index is 1.85. The van der Waals surface area contributed by atoms with Gasteiger partial charge in [0, 0.05) is 11.3 Å². The summed E-state index contributed by atoms with van der Waals surface area (Å²) in [6.45, 7) is 7.66. The molecule has 1 aliphatic rings. The van der Waals surface area contributed by atoms with Crippen LogP contribution < -0.4 is 9.64 Å². The fourth-order valence-corrected chi connectivity index (χ4v) is 4.37. The van der Waals surface area contributed by atoms with Crippen LogP contribution in [0.15, 0.2) is 78.4 Å². The third-order valence-electron chi connectivity index (χ3n) is 5.94. The lowest BCUT2D eigenvalue weighted by molar-refractivity contribution is -0.132. The van der Waals surface area contributed by atoms with Crippen molar-refractivity contribution in [3.8, 4) is 5.75 Å². The standard InChI is InChI=1S/C30H29NO6/c1-5-36-30(35)20-12-14-23(15-13-20)31-26(21-9-6-8-19(4)16-21)25(28(33)29(31)34)27(32)22-10-7-11-24(17-22)37-18(2)3/h6-18,26,32H,5H2,1-4H3/b27-25+. The van der Waals surface area contributed by atoms with E-state index in [1.54, 1.807) is 55.5 Å². The van der Waals surface area contributed by atoms with Crippen LogP contribution in [0, 0.1) is 6.92 Å². The van der Waals surface area contributed by atoms with Gasteiger partial charge in [-0.25, -0.2) is 4.79 Å². The summed E-state index contributed by atoms with van der Waals surface area (Å²) in [5, 5.41) is 11.4. The van der Waals surface area contributed by atoms with E-state index in [9.17, 15) is 19.5 Å². The predicted octanol–water partition coefficient (Wildman–Crippen LogP) is 5.59. The number of anilines is 1. The molecule has 0 spiro atoms. The van der Waals surface area contributed by atoms with Crippen LogP contribution in [0.5, 0.6) is 5.75 Å². The highest BCUT2D eigenvalue weighted by Gasteiger charge is 2.47. The number of aryl methyl sites for hydroxylation is 1. The summed E-state index contributed by atoms with van der Waals surface area (Å²) in [4.78, 5) is 40.2. The quantitative estimate of drug-likeness (QED) is 0.197. The van der Waals surface area contributed by atoms with Crippen LogP contribution in [-0.4, -0.2) is 35.5 Å². The number of amides is 1. The number of aliphatic hydroxyl groups excluding tert-OH is 1. The number of benzene rings is 3. The van der Waals surface area contributed by atoms with Gasteiger partial charge in [0.25, 0.3) is 11.7 Å². The van der Waals surface area contributed by atoms with Crippen molar-refractivity contribution >= 4 is 29.1 Å². The molecule has 1 atom stereocenters. The normalized spacial score (nSPS) is 16.8. The maximum absolute atomic E-state index is 13.4. The lowest BCUT2D eigenvalue weighted by atomic mass is 9.94. The van der Waals surface area contributed by atoms with E-state index < -0.39 is 23.7 Å². The number of aliphatic hydroxyl groups is 1. The van der Waals surface area contributed by atoms with Crippen molar-refractivity contribution in [2.75, 3.05) is 11.5 Å². The summed E-state index contributed by atoms with van der Waals surface area (Å²) in [6.07, 6.45) is -0.0761. The molecular weight excluding hydrogens is 470 g/mol. The molecule has 7 heteroatoms. The molecule has 1 heterocycles. The van der Waals surface area contributed by atoms with Crippen molar-refractivity contribution in [2.45, 2.75) is 39.8 Å². The van der Waals surface area contributed by atoms with Crippen molar-refractivity contribution in [1.82, 2.24) is 0 Å². The Morgan fingerprint density at radius 2 is 1.68 bits per heavy atom. The molecule has 7 nitrogen and oxygen atoms in total. The first-order chi connectivity index (χ1) is 17.7. The zero-order valence-electron chi connectivity index (χ0n) is 21.2. The van der Waals surface area contributed by atoms with Gasteiger partial charge in [0.2, 0.25) is 0 Å². The Kier molecular flexibility index (Phi) is 7.43. The van der Waals surface area contributed by atoms with E-state index in [2.05, 4.69) is 0 Å². The van der Waals surface area contributed by atoms with E-state index in [1.165, 1.54) is 4.90 Å². The van der Waals surface area contributed by atoms with Gasteiger partial charge < -0.3 is 14.6 Å². The smallest absolute Gasteiger partial charge is 0.338 e. The molecule has 1 saturated heterocycles. The molecule has 0 bridgehead atoms. The van der Waals surface area contributed by atoms with Crippen LogP contribution in [0.2, 0.25) is 0 Å². The van der Waals surface area contributed by atoms with Gasteiger partial charge in [0.05, 0.1) is 29.9 Å². The monoisotopic (exact) mass is 499 g/mol. The highest BCUT2D eigenvalue weighted by molar-refractivity contribution is 6.51. The van der Waals surface area contributed by atoms with Gasteiger partial charge in [-0.15, -0.1) is 0 Å². The van der Waals surface area contributed by atoms with Gasteiger partial charge in [0.15, 0.2) is 0 Å². The zero-order chi connectivity index (χ0) is 26.7. The lowest BCUT2D eigenvalue weighted by Gasteiger charge is -2.26. The van der Waals surface area contributed by atoms with Crippen molar-refractivity contribution < 1.29 is 29.0 Å². The van der Waals surface area contributed by atoms with Crippen LogP contribution in [-0.2, 0) is 14.3 Å². The van der Waals surface area contributed by atoms with Crippen molar-refractivity contribution in [3.63, 3.8) is 0 Å². The second-order valence-corrected chi connectivity index (χ2v) is 9.05. The molecule has 1 unspecified atom stereocenters. The van der Waals surface area contributed by atoms with Gasteiger partial charge in [-0.3, -0.25) is 14.5 Å². The molecule has 37 heavy (non-hydrogen) atoms. The number of carbonyl (C=O) groups is 3. The highest BCUT2D eigenvalue weighted by atomic mass is 16.5. The van der Waals surface area contributed by atoms with E-state index >= 15 is 0 Å². The average Bonchev–Trinajstić information content (AvgIpc) is 3.14. The Labute approximate surface area is 215 Å². The molecule has 0 aromatic heterocycles. The second kappa shape index (κ2) is 10.7. The van der Waals surface area contributed by atoms with E-state index in [-0.39, 0.29) is 24.0 Å². The van der Waals surface area contributed by atoms with Gasteiger partial charge in [0.1, 0.15) is 11.5 Å². The maximum atomic E-state index is 13.4. The number of ether oxygens (including phenoxy) is 2. The first-order valence-electron chi connectivity index (χ1n) is 12.1. The number of rotatable bonds is 7. The van der Waals surface area contributed by atoms with Crippen molar-refractivity contribution in [2.24, 2.45) is 0 Å². The van der Waals surface area contributed by atoms with Crippen LogP contribution >= 0.6 is 0 Å². The lowest BCUT2D eigenvalue weighted by Crippen LogP contribution is -2.29. The molecule has 0 aliphatic carbocycles. The van der Waals surface area contributed by atoms with Crippen LogP contribution in [0.4, 0.5) is 5.69 Å². The van der Waals surface area contributed by atoms with Crippen LogP contribution in [0.3, 0.4) is 0 Å². The van der Waals surface area contributed by atoms with Gasteiger partial charge in [-0.05, 0) is 69.7 Å². The summed E-state index contributed by atoms with van der Waals surface area (Å²) < 4.78 is 10.8. The Bertz CT molecular complexity index is 1370. The number of nitrogens with zero attached hydrogens (tertiary/aromatic N) is 1. The number of hydrogen-bond donors (Lipinski definition) is 1. The van der Waals surface area contributed by atoms with Gasteiger partial charge >= 0.3 is 5.97 Å². The summed E-state index contributed by atoms with van der Waals surface area (Å²) in [6, 6.07) is 19.6. The largest absolute Gasteiger partial charge is 0.507 e. The molecule has 1 fully saturated rings. The third kappa shape index (κ3) is 5.26. The number of carbonyl (C=O) groups excluding carboxylic acids is 3. The van der Waals surface area contributed by atoms with E-state index in [1.807, 2.05) is 45.0 Å². The summed E-state index contributed by atoms with van der Waals surface area (Å²) in [5.74, 6) is -1.80. The minimum atomic E-state index is -0.872. The highest BCUT2D eigenvalue weighted by Crippen LogP contribution is 2.42. The molecule has 4 rings (SSSR count). The molecule has 0 saturated carbocycles. The molecule has 1 N–H and O–H groups in total. The van der Waals surface area contributed by atoms with Crippen molar-refractivity contribution in [3.05, 3.63) is 101 Å². The topological polar surface area (TPSA) is 93.1 Å². The zero-order valence-corrected chi connectivity index (χ0v) is 21.2. The first kappa shape index (κ1) is 25.7. The molecule has 3 aromatic rings. The molecule has 190 valence electrons. The van der Waals surface area contributed by atoms with E-state index in [0.717, 1.165) is 5.56 Å². The SMILES string of the molecule is CCOC(=O)c1ccc(N2C(=O)C(=O)/C(=C(/O)c3cccc(OC(C)C)c3)C2c2cccc(C)c2)cc1. The predicted molar refractivity (Wildman–Crippen MR) is 141 cm³/mol. The minimum absolute atomic E-state index is 0.0215. The Hall–Kier alpha value is -4.39. The summed E-state index contributed by atoms with van der Waals surface area (Å²) >= 11 is 0. The fraction of sp³-hybridized carbons (Fsp3) is 0.233. The average molecular weight is 500 g/mol. The first-order valence-corrected chi connectivity index (χ1v) is 12.1. The molecule has 1 aliphatic heterocycles. The van der Waals surface area contributed by atoms with E-state index in [4.69, 9.17) is 9.47 Å². The van der Waals surface area contributed by atoms with Gasteiger partial charge in [-0.2, -0.15) is 0 Å². The molecule has 1 amide bonds. The van der Waals surface area contributed by atoms with Gasteiger partial charge in [-0.1, -0.05) is 42.0 Å². The second-order valence-electron chi connectivity index (χ2n) is 9.05. The molecule has 3 aromatic carbocycles. The molecular formula is C30H29NO6. The number of Topliss-reactive ketones (excluding diaryl/α,β-unsaturated/α-hetero) is 1. The minimum Gasteiger partial charge on any atom is -0.507 e. The van der Waals surface area contributed by atoms with Crippen molar-refractivity contribution in [1.29, 1.82) is 0 Å². The summed E-state index contributed by atoms with van der Waals surface area (Å²) in [7, 11) is 0. The number of hydrogen-bond acceptors (Lipinski definition) is 6.